The molecule has 0 fully saturated rings. The molecule has 10 heteroatoms. The first-order valence-corrected chi connectivity index (χ1v) is 4.98. The Morgan fingerprint density at radius 3 is 2.15 bits per heavy atom. The van der Waals surface area contributed by atoms with E-state index >= 15 is 0 Å². The highest BCUT2D eigenvalue weighted by Gasteiger charge is 2.37. The first kappa shape index (κ1) is 14.2. The molecule has 20 heavy (non-hydrogen) atoms. The van der Waals surface area contributed by atoms with Crippen LogP contribution in [0.5, 0.6) is 0 Å². The summed E-state index contributed by atoms with van der Waals surface area (Å²) in [6.45, 7) is 0. The van der Waals surface area contributed by atoms with E-state index in [9.17, 15) is 31.1 Å². The summed E-state index contributed by atoms with van der Waals surface area (Å²) in [4.78, 5) is 15.9. The van der Waals surface area contributed by atoms with Crippen LogP contribution in [0, 0.1) is 0 Å². The number of alkyl halides is 6. The predicted octanol–water partition coefficient (Wildman–Crippen LogP) is 2.54. The van der Waals surface area contributed by atoms with Gasteiger partial charge in [-0.2, -0.15) is 26.3 Å². The molecule has 1 aromatic heterocycles. The molecule has 0 bridgehead atoms. The number of nitrogens with two attached hydrogens (primary N) is 1. The number of hydrogen-bond donors (Lipinski definition) is 2. The molecule has 108 valence electrons. The van der Waals surface area contributed by atoms with Crippen LogP contribution in [0.1, 0.15) is 11.3 Å². The van der Waals surface area contributed by atoms with Gasteiger partial charge in [-0.1, -0.05) is 0 Å². The molecule has 0 aliphatic rings. The molecule has 0 amide bonds. The number of fused-ring (bicyclic) bond motifs is 1. The first-order valence-electron chi connectivity index (χ1n) is 4.98. The lowest BCUT2D eigenvalue weighted by atomic mass is 10.1. The molecule has 0 atom stereocenters. The maximum atomic E-state index is 12.5. The molecule has 1 aromatic carbocycles. The molecular formula is C10H5F6N3O. The molecule has 2 rings (SSSR count). The van der Waals surface area contributed by atoms with Crippen LogP contribution in [0.25, 0.3) is 11.0 Å². The van der Waals surface area contributed by atoms with Crippen LogP contribution in [0.4, 0.5) is 32.0 Å². The van der Waals surface area contributed by atoms with E-state index in [0.29, 0.717) is 12.1 Å². The Labute approximate surface area is 106 Å². The number of hydrogen-bond acceptors (Lipinski definition) is 3. The standard InChI is InChI=1S/C10H5F6N3O/c11-9(12,13)3-1-4(17)6-5(2-3)18-7(8(20)19-6)10(14,15)16/h1-2H,17H2,(H,19,20). The molecule has 0 radical (unpaired) electrons. The van der Waals surface area contributed by atoms with Gasteiger partial charge in [-0.25, -0.2) is 4.98 Å². The van der Waals surface area contributed by atoms with E-state index in [0.717, 1.165) is 0 Å². The summed E-state index contributed by atoms with van der Waals surface area (Å²) in [5.74, 6) is 0. The van der Waals surface area contributed by atoms with Gasteiger partial charge in [-0.05, 0) is 12.1 Å². The van der Waals surface area contributed by atoms with Gasteiger partial charge in [0.15, 0.2) is 0 Å². The van der Waals surface area contributed by atoms with Gasteiger partial charge in [0.2, 0.25) is 5.69 Å². The molecule has 0 aliphatic heterocycles. The molecule has 0 saturated heterocycles. The van der Waals surface area contributed by atoms with Crippen molar-refractivity contribution < 1.29 is 26.3 Å². The van der Waals surface area contributed by atoms with Gasteiger partial charge in [0, 0.05) is 0 Å². The molecule has 0 aliphatic carbocycles. The number of aromatic amines is 1. The minimum absolute atomic E-state index is 0.379. The van der Waals surface area contributed by atoms with E-state index < -0.39 is 40.4 Å². The number of anilines is 1. The SMILES string of the molecule is Nc1cc(C(F)(F)F)cc2nc(C(F)(F)F)c(=O)[nH]c12. The highest BCUT2D eigenvalue weighted by Crippen LogP contribution is 2.33. The smallest absolute Gasteiger partial charge is 0.397 e. The van der Waals surface area contributed by atoms with Gasteiger partial charge in [0.1, 0.15) is 0 Å². The maximum absolute atomic E-state index is 12.5. The van der Waals surface area contributed by atoms with Crippen LogP contribution < -0.4 is 11.3 Å². The second kappa shape index (κ2) is 4.12. The Morgan fingerprint density at radius 1 is 1.05 bits per heavy atom. The molecule has 0 saturated carbocycles. The van der Waals surface area contributed by atoms with Crippen LogP contribution in [-0.2, 0) is 12.4 Å². The highest BCUT2D eigenvalue weighted by molar-refractivity contribution is 5.87. The summed E-state index contributed by atoms with van der Waals surface area (Å²) in [5.41, 5.74) is -0.956. The molecule has 3 N–H and O–H groups in total. The van der Waals surface area contributed by atoms with Crippen molar-refractivity contribution in [2.45, 2.75) is 12.4 Å². The second-order valence-corrected chi connectivity index (χ2v) is 3.87. The third-order valence-electron chi connectivity index (χ3n) is 2.43. The summed E-state index contributed by atoms with van der Waals surface area (Å²) in [6, 6.07) is 0.893. The largest absolute Gasteiger partial charge is 0.438 e. The minimum Gasteiger partial charge on any atom is -0.397 e. The van der Waals surface area contributed by atoms with Gasteiger partial charge in [0.25, 0.3) is 5.56 Å². The Hall–Kier alpha value is -2.26. The van der Waals surface area contributed by atoms with Crippen LogP contribution in [0.15, 0.2) is 16.9 Å². The topological polar surface area (TPSA) is 71.8 Å². The zero-order valence-electron chi connectivity index (χ0n) is 9.36. The third kappa shape index (κ3) is 2.40. The Kier molecular flexibility index (Phi) is 2.91. The van der Waals surface area contributed by atoms with E-state index in [1.807, 2.05) is 0 Å². The Bertz CT molecular complexity index is 731. The van der Waals surface area contributed by atoms with Crippen molar-refractivity contribution in [1.82, 2.24) is 9.97 Å². The predicted molar refractivity (Wildman–Crippen MR) is 56.8 cm³/mol. The fraction of sp³-hybridized carbons (Fsp3) is 0.200. The third-order valence-corrected chi connectivity index (χ3v) is 2.43. The molecule has 1 heterocycles. The highest BCUT2D eigenvalue weighted by atomic mass is 19.4. The summed E-state index contributed by atoms with van der Waals surface area (Å²) in [6.07, 6.45) is -9.87. The molecule has 0 unspecified atom stereocenters. The van der Waals surface area contributed by atoms with E-state index in [-0.39, 0.29) is 5.52 Å². The molecular weight excluding hydrogens is 292 g/mol. The number of nitrogens with one attached hydrogen (secondary N) is 1. The van der Waals surface area contributed by atoms with Crippen molar-refractivity contribution in [2.24, 2.45) is 0 Å². The van der Waals surface area contributed by atoms with Crippen LogP contribution in [-0.4, -0.2) is 9.97 Å². The van der Waals surface area contributed by atoms with Crippen molar-refractivity contribution in [3.8, 4) is 0 Å². The van der Waals surface area contributed by atoms with E-state index in [1.54, 1.807) is 4.98 Å². The fourth-order valence-electron chi connectivity index (χ4n) is 1.57. The molecule has 4 nitrogen and oxygen atoms in total. The minimum atomic E-state index is -5.08. The fourth-order valence-corrected chi connectivity index (χ4v) is 1.57. The van der Waals surface area contributed by atoms with E-state index in [4.69, 9.17) is 5.73 Å². The van der Waals surface area contributed by atoms with Crippen molar-refractivity contribution in [2.75, 3.05) is 5.73 Å². The summed E-state index contributed by atoms with van der Waals surface area (Å²) < 4.78 is 75.0. The van der Waals surface area contributed by atoms with Crippen molar-refractivity contribution in [1.29, 1.82) is 0 Å². The van der Waals surface area contributed by atoms with Crippen molar-refractivity contribution in [3.05, 3.63) is 33.7 Å². The second-order valence-electron chi connectivity index (χ2n) is 3.87. The zero-order valence-corrected chi connectivity index (χ0v) is 9.36. The quantitative estimate of drug-likeness (QED) is 0.580. The average molecular weight is 297 g/mol. The van der Waals surface area contributed by atoms with Gasteiger partial charge < -0.3 is 10.7 Å². The van der Waals surface area contributed by atoms with E-state index in [1.165, 1.54) is 0 Å². The summed E-state index contributed by atoms with van der Waals surface area (Å²) >= 11 is 0. The van der Waals surface area contributed by atoms with Gasteiger partial charge >= 0.3 is 12.4 Å². The summed E-state index contributed by atoms with van der Waals surface area (Å²) in [5, 5.41) is 0. The molecule has 2 aromatic rings. The van der Waals surface area contributed by atoms with Crippen molar-refractivity contribution >= 4 is 16.7 Å². The normalized spacial score (nSPS) is 12.9. The number of rotatable bonds is 0. The number of nitrogen functional groups attached to an aromatic ring is 1. The number of nitrogens with zero attached hydrogens (tertiary/aromatic N) is 1. The summed E-state index contributed by atoms with van der Waals surface area (Å²) in [7, 11) is 0. The van der Waals surface area contributed by atoms with Crippen LogP contribution in [0.2, 0.25) is 0 Å². The van der Waals surface area contributed by atoms with Gasteiger partial charge in [-0.3, -0.25) is 4.79 Å². The lowest BCUT2D eigenvalue weighted by Gasteiger charge is -2.11. The monoisotopic (exact) mass is 297 g/mol. The first-order chi connectivity index (χ1) is 9.00. The van der Waals surface area contributed by atoms with Crippen LogP contribution in [0.3, 0.4) is 0 Å². The van der Waals surface area contributed by atoms with Crippen LogP contribution >= 0.6 is 0 Å². The Morgan fingerprint density at radius 2 is 1.65 bits per heavy atom. The van der Waals surface area contributed by atoms with Crippen molar-refractivity contribution in [3.63, 3.8) is 0 Å². The zero-order chi connectivity index (χ0) is 15.3. The number of benzene rings is 1. The lowest BCUT2D eigenvalue weighted by Crippen LogP contribution is -2.24. The molecule has 0 spiro atoms. The maximum Gasteiger partial charge on any atom is 0.438 e. The van der Waals surface area contributed by atoms with Gasteiger partial charge in [-0.15, -0.1) is 0 Å². The van der Waals surface area contributed by atoms with E-state index in [2.05, 4.69) is 4.98 Å². The number of H-pyrrole nitrogens is 1. The number of halogens is 6. The number of aromatic nitrogens is 2. The average Bonchev–Trinajstić information content (AvgIpc) is 2.26. The lowest BCUT2D eigenvalue weighted by molar-refractivity contribution is -0.142. The Balaban J connectivity index is 2.82. The van der Waals surface area contributed by atoms with Gasteiger partial charge in [0.05, 0.1) is 22.3 Å².